The number of anilines is 1. The molecule has 0 aliphatic carbocycles. The van der Waals surface area contributed by atoms with Gasteiger partial charge in [0.05, 0.1) is 15.9 Å². The number of fused-ring (bicyclic) bond motifs is 2. The Morgan fingerprint density at radius 3 is 3.00 bits per heavy atom. The van der Waals surface area contributed by atoms with Gasteiger partial charge in [-0.1, -0.05) is 41.5 Å². The molecule has 1 N–H and O–H groups in total. The zero-order chi connectivity index (χ0) is 20.7. The van der Waals surface area contributed by atoms with Crippen LogP contribution in [0, 0.1) is 19.3 Å². The molecular weight excluding hydrogens is 396 g/mol. The van der Waals surface area contributed by atoms with Crippen LogP contribution in [-0.2, 0) is 4.79 Å². The number of aromatic nitrogens is 3. The Bertz CT molecular complexity index is 1280. The lowest BCUT2D eigenvalue weighted by Crippen LogP contribution is -2.25. The van der Waals surface area contributed by atoms with Crippen molar-refractivity contribution >= 4 is 33.3 Å². The van der Waals surface area contributed by atoms with Gasteiger partial charge in [0.1, 0.15) is 18.2 Å². The summed E-state index contributed by atoms with van der Waals surface area (Å²) in [6, 6.07) is 15.7. The van der Waals surface area contributed by atoms with Crippen LogP contribution in [0.1, 0.15) is 29.2 Å². The summed E-state index contributed by atoms with van der Waals surface area (Å²) in [6.07, 6.45) is 5.65. The highest BCUT2D eigenvalue weighted by Crippen LogP contribution is 2.41. The molecule has 5 rings (SSSR count). The largest absolute Gasteiger partial charge is 0.481 e. The van der Waals surface area contributed by atoms with E-state index < -0.39 is 0 Å². The zero-order valence-corrected chi connectivity index (χ0v) is 17.1. The summed E-state index contributed by atoms with van der Waals surface area (Å²) in [5.74, 6) is 3.68. The Hall–Kier alpha value is -3.63. The predicted octanol–water partition coefficient (Wildman–Crippen LogP) is 4.28. The number of aryl methyl sites for hydroxylation is 1. The second-order valence-electron chi connectivity index (χ2n) is 7.09. The van der Waals surface area contributed by atoms with E-state index in [1.54, 1.807) is 16.0 Å². The summed E-state index contributed by atoms with van der Waals surface area (Å²) < 4.78 is 8.40. The summed E-state index contributed by atoms with van der Waals surface area (Å²) >= 11 is 1.55. The van der Waals surface area contributed by atoms with E-state index in [1.165, 1.54) is 0 Å². The molecule has 1 atom stereocenters. The monoisotopic (exact) mass is 414 g/mol. The minimum absolute atomic E-state index is 0.0512. The predicted molar refractivity (Wildman–Crippen MR) is 117 cm³/mol. The molecule has 0 bridgehead atoms. The average molecular weight is 414 g/mol. The Morgan fingerprint density at radius 1 is 1.30 bits per heavy atom. The van der Waals surface area contributed by atoms with Gasteiger partial charge in [-0.2, -0.15) is 9.78 Å². The van der Waals surface area contributed by atoms with E-state index in [0.29, 0.717) is 18.0 Å². The third kappa shape index (κ3) is 3.11. The molecule has 0 spiro atoms. The van der Waals surface area contributed by atoms with Crippen molar-refractivity contribution < 1.29 is 9.53 Å². The number of ether oxygens (including phenoxy) is 1. The van der Waals surface area contributed by atoms with Crippen LogP contribution in [0.2, 0.25) is 0 Å². The molecule has 0 radical (unpaired) electrons. The first-order chi connectivity index (χ1) is 14.6. The fraction of sp³-hybridized carbons (Fsp3) is 0.174. The normalized spacial score (nSPS) is 15.5. The minimum atomic E-state index is -0.119. The number of nitrogens with one attached hydrogen (secondary N) is 1. The molecule has 0 saturated carbocycles. The van der Waals surface area contributed by atoms with Crippen LogP contribution in [0.3, 0.4) is 0 Å². The lowest BCUT2D eigenvalue weighted by atomic mass is 9.86. The molecule has 2 aromatic heterocycles. The molecule has 1 unspecified atom stereocenters. The van der Waals surface area contributed by atoms with Crippen molar-refractivity contribution in [3.63, 3.8) is 0 Å². The molecule has 4 aromatic rings. The van der Waals surface area contributed by atoms with Crippen LogP contribution in [0.5, 0.6) is 5.75 Å². The Labute approximate surface area is 177 Å². The maximum atomic E-state index is 12.6. The summed E-state index contributed by atoms with van der Waals surface area (Å²) in [6.45, 7) is 2.17. The summed E-state index contributed by atoms with van der Waals surface area (Å²) in [7, 11) is 0. The highest BCUT2D eigenvalue weighted by molar-refractivity contribution is 7.20. The van der Waals surface area contributed by atoms with Gasteiger partial charge in [0.2, 0.25) is 11.0 Å². The van der Waals surface area contributed by atoms with Crippen molar-refractivity contribution in [3.05, 3.63) is 65.4 Å². The van der Waals surface area contributed by atoms with E-state index in [0.717, 1.165) is 32.2 Å². The van der Waals surface area contributed by atoms with Gasteiger partial charge >= 0.3 is 0 Å². The first kappa shape index (κ1) is 18.4. The standard InChI is InChI=1S/C23H18N4O2S/c1-3-11-29-16-8-6-7-15(12-16)17-13-20(28)25-22-21(17)14(2)26-27(22)23-24-18-9-4-5-10-19(18)30-23/h1,4-10,12,17H,11,13H2,2H3,(H,25,28). The van der Waals surface area contributed by atoms with Crippen molar-refractivity contribution in [1.29, 1.82) is 0 Å². The number of carbonyl (C=O) groups is 1. The van der Waals surface area contributed by atoms with Crippen LogP contribution in [0.25, 0.3) is 15.3 Å². The van der Waals surface area contributed by atoms with E-state index >= 15 is 0 Å². The van der Waals surface area contributed by atoms with Gasteiger partial charge in [0, 0.05) is 17.9 Å². The number of benzene rings is 2. The number of para-hydroxylation sites is 1. The summed E-state index contributed by atoms with van der Waals surface area (Å²) in [5.41, 5.74) is 3.77. The fourth-order valence-corrected chi connectivity index (χ4v) is 4.79. The molecule has 0 fully saturated rings. The molecule has 148 valence electrons. The first-order valence-electron chi connectivity index (χ1n) is 9.55. The van der Waals surface area contributed by atoms with Gasteiger partial charge < -0.3 is 10.1 Å². The van der Waals surface area contributed by atoms with Crippen LogP contribution in [-0.4, -0.2) is 27.3 Å². The van der Waals surface area contributed by atoms with E-state index in [-0.39, 0.29) is 18.4 Å². The topological polar surface area (TPSA) is 69.0 Å². The Morgan fingerprint density at radius 2 is 2.17 bits per heavy atom. The number of hydrogen-bond donors (Lipinski definition) is 1. The third-order valence-corrected chi connectivity index (χ3v) is 6.16. The maximum absolute atomic E-state index is 12.6. The second kappa shape index (κ2) is 7.32. The van der Waals surface area contributed by atoms with Gasteiger partial charge in [-0.25, -0.2) is 4.98 Å². The number of thiazole rings is 1. The smallest absolute Gasteiger partial charge is 0.226 e. The number of terminal acetylenes is 1. The molecule has 1 aliphatic rings. The molecule has 1 amide bonds. The van der Waals surface area contributed by atoms with Crippen molar-refractivity contribution in [2.45, 2.75) is 19.3 Å². The molecule has 2 aromatic carbocycles. The van der Waals surface area contributed by atoms with Crippen LogP contribution < -0.4 is 10.1 Å². The third-order valence-electron chi connectivity index (χ3n) is 5.15. The van der Waals surface area contributed by atoms with Gasteiger partial charge in [0.15, 0.2) is 0 Å². The average Bonchev–Trinajstić information content (AvgIpc) is 3.33. The van der Waals surface area contributed by atoms with Crippen LogP contribution in [0.4, 0.5) is 5.82 Å². The van der Waals surface area contributed by atoms with Gasteiger partial charge in [-0.05, 0) is 36.8 Å². The Kier molecular flexibility index (Phi) is 4.49. The second-order valence-corrected chi connectivity index (χ2v) is 8.10. The quantitative estimate of drug-likeness (QED) is 0.506. The highest BCUT2D eigenvalue weighted by Gasteiger charge is 2.33. The molecule has 1 aliphatic heterocycles. The van der Waals surface area contributed by atoms with Crippen LogP contribution >= 0.6 is 11.3 Å². The van der Waals surface area contributed by atoms with Crippen molar-refractivity contribution in [2.75, 3.05) is 11.9 Å². The van der Waals surface area contributed by atoms with Crippen LogP contribution in [0.15, 0.2) is 48.5 Å². The van der Waals surface area contributed by atoms with Crippen molar-refractivity contribution in [3.8, 4) is 23.2 Å². The molecular formula is C23H18N4O2S. The summed E-state index contributed by atoms with van der Waals surface area (Å²) in [4.78, 5) is 17.3. The highest BCUT2D eigenvalue weighted by atomic mass is 32.1. The van der Waals surface area contributed by atoms with Crippen molar-refractivity contribution in [2.24, 2.45) is 0 Å². The SMILES string of the molecule is C#CCOc1cccc(C2CC(=O)Nc3c2c(C)nn3-c2nc3ccccc3s2)c1. The number of rotatable bonds is 4. The zero-order valence-electron chi connectivity index (χ0n) is 16.3. The lowest BCUT2D eigenvalue weighted by molar-refractivity contribution is -0.116. The van der Waals surface area contributed by atoms with E-state index in [4.69, 9.17) is 21.2 Å². The van der Waals surface area contributed by atoms with E-state index in [2.05, 4.69) is 11.2 Å². The lowest BCUT2D eigenvalue weighted by Gasteiger charge is -2.24. The number of nitrogens with zero attached hydrogens (tertiary/aromatic N) is 3. The molecule has 7 heteroatoms. The number of amides is 1. The molecule has 6 nitrogen and oxygen atoms in total. The molecule has 30 heavy (non-hydrogen) atoms. The molecule has 3 heterocycles. The van der Waals surface area contributed by atoms with Gasteiger partial charge in [-0.15, -0.1) is 6.42 Å². The maximum Gasteiger partial charge on any atom is 0.226 e. The molecule has 0 saturated heterocycles. The van der Waals surface area contributed by atoms with Gasteiger partial charge in [-0.3, -0.25) is 4.79 Å². The Balaban J connectivity index is 1.61. The van der Waals surface area contributed by atoms with E-state index in [9.17, 15) is 4.79 Å². The van der Waals surface area contributed by atoms with Gasteiger partial charge in [0.25, 0.3) is 0 Å². The minimum Gasteiger partial charge on any atom is -0.481 e. The number of hydrogen-bond acceptors (Lipinski definition) is 5. The first-order valence-corrected chi connectivity index (χ1v) is 10.4. The fourth-order valence-electron chi connectivity index (χ4n) is 3.87. The number of carbonyl (C=O) groups excluding carboxylic acids is 1. The van der Waals surface area contributed by atoms with E-state index in [1.807, 2.05) is 55.5 Å². The van der Waals surface area contributed by atoms with Crippen molar-refractivity contribution in [1.82, 2.24) is 14.8 Å². The summed E-state index contributed by atoms with van der Waals surface area (Å²) in [5, 5.41) is 8.47.